The number of carboxylic acids is 1. The second-order valence-electron chi connectivity index (χ2n) is 4.61. The molecule has 0 fully saturated rings. The van der Waals surface area contributed by atoms with Crippen molar-refractivity contribution in [1.82, 2.24) is 4.98 Å². The number of aromatic carboxylic acids is 1. The third-order valence-electron chi connectivity index (χ3n) is 2.74. The van der Waals surface area contributed by atoms with Gasteiger partial charge in [0, 0.05) is 18.3 Å². The Bertz CT molecular complexity index is 837. The zero-order valence-corrected chi connectivity index (χ0v) is 12.9. The van der Waals surface area contributed by atoms with E-state index in [4.69, 9.17) is 21.4 Å². The minimum Gasteiger partial charge on any atom is -0.477 e. The van der Waals surface area contributed by atoms with Gasteiger partial charge in [-0.05, 0) is 12.1 Å². The smallest absolute Gasteiger partial charge is 0.477 e. The Morgan fingerprint density at radius 1 is 1.08 bits per heavy atom. The molecule has 0 amide bonds. The average Bonchev–Trinajstić information content (AvgIpc) is 2.47. The zero-order chi connectivity index (χ0) is 19.7. The van der Waals surface area contributed by atoms with E-state index >= 15 is 0 Å². The Morgan fingerprint density at radius 2 is 1.73 bits per heavy atom. The van der Waals surface area contributed by atoms with E-state index < -0.39 is 46.3 Å². The van der Waals surface area contributed by atoms with Gasteiger partial charge in [0.15, 0.2) is 0 Å². The number of benzene rings is 1. The molecule has 0 saturated carbocycles. The molecular formula is C14H6ClF6NO4. The molecule has 26 heavy (non-hydrogen) atoms. The van der Waals surface area contributed by atoms with Gasteiger partial charge in [-0.15, -0.1) is 13.2 Å². The monoisotopic (exact) mass is 401 g/mol. The van der Waals surface area contributed by atoms with E-state index in [9.17, 15) is 31.1 Å². The molecule has 1 heterocycles. The van der Waals surface area contributed by atoms with Crippen molar-refractivity contribution in [3.05, 3.63) is 46.7 Å². The molecule has 1 N–H and O–H groups in total. The number of hydrogen-bond acceptors (Lipinski definition) is 4. The van der Waals surface area contributed by atoms with Crippen LogP contribution in [0.1, 0.15) is 16.1 Å². The first-order chi connectivity index (χ1) is 11.9. The highest BCUT2D eigenvalue weighted by Gasteiger charge is 2.34. The second-order valence-corrected chi connectivity index (χ2v) is 5.02. The summed E-state index contributed by atoms with van der Waals surface area (Å²) in [6.07, 6.45) is -9.41. The Labute approximate surface area is 145 Å². The highest BCUT2D eigenvalue weighted by molar-refractivity contribution is 6.32. The predicted molar refractivity (Wildman–Crippen MR) is 74.4 cm³/mol. The van der Waals surface area contributed by atoms with E-state index in [-0.39, 0.29) is 5.75 Å². The maximum Gasteiger partial charge on any atom is 0.573 e. The number of pyridine rings is 1. The Kier molecular flexibility index (Phi) is 5.21. The summed E-state index contributed by atoms with van der Waals surface area (Å²) in [7, 11) is 0. The SMILES string of the molecule is O=C(O)c1cnc(C(F)(F)F)cc1Oc1ccc(OC(F)(F)F)cc1Cl. The standard InChI is InChI=1S/C14H6ClF6NO4/c15-8-3-6(26-14(19,20)21)1-2-9(8)25-10-4-11(13(16,17)18)22-5-7(10)12(23)24/h1-5H,(H,23,24). The molecular weight excluding hydrogens is 396 g/mol. The molecule has 12 heteroatoms. The lowest BCUT2D eigenvalue weighted by molar-refractivity contribution is -0.274. The Balaban J connectivity index is 2.39. The van der Waals surface area contributed by atoms with Crippen LogP contribution in [0.25, 0.3) is 0 Å². The molecule has 1 aromatic carbocycles. The van der Waals surface area contributed by atoms with E-state index in [1.165, 1.54) is 0 Å². The van der Waals surface area contributed by atoms with Crippen LogP contribution in [0.4, 0.5) is 26.3 Å². The molecule has 0 unspecified atom stereocenters. The van der Waals surface area contributed by atoms with Gasteiger partial charge in [-0.1, -0.05) is 11.6 Å². The number of carboxylic acid groups (broad SMARTS) is 1. The van der Waals surface area contributed by atoms with Crippen molar-refractivity contribution in [3.63, 3.8) is 0 Å². The molecule has 5 nitrogen and oxygen atoms in total. The molecule has 0 aliphatic heterocycles. The van der Waals surface area contributed by atoms with Crippen molar-refractivity contribution >= 4 is 17.6 Å². The molecule has 0 aliphatic carbocycles. The van der Waals surface area contributed by atoms with Crippen molar-refractivity contribution in [1.29, 1.82) is 0 Å². The van der Waals surface area contributed by atoms with Crippen LogP contribution < -0.4 is 9.47 Å². The van der Waals surface area contributed by atoms with E-state index in [1.54, 1.807) is 0 Å². The van der Waals surface area contributed by atoms with Crippen LogP contribution >= 0.6 is 11.6 Å². The average molecular weight is 402 g/mol. The maximum absolute atomic E-state index is 12.7. The predicted octanol–water partition coefficient (Wildman–Crippen LogP) is 5.14. The minimum atomic E-state index is -4.98. The summed E-state index contributed by atoms with van der Waals surface area (Å²) in [5, 5.41) is 8.55. The summed E-state index contributed by atoms with van der Waals surface area (Å²) < 4.78 is 83.2. The van der Waals surface area contributed by atoms with Crippen LogP contribution in [0.5, 0.6) is 17.2 Å². The summed E-state index contributed by atoms with van der Waals surface area (Å²) in [4.78, 5) is 14.1. The second kappa shape index (κ2) is 6.90. The van der Waals surface area contributed by atoms with Gasteiger partial charge in [-0.2, -0.15) is 13.2 Å². The largest absolute Gasteiger partial charge is 0.573 e. The molecule has 0 radical (unpaired) electrons. The fourth-order valence-corrected chi connectivity index (χ4v) is 1.93. The minimum absolute atomic E-state index is 0.333. The van der Waals surface area contributed by atoms with E-state index in [0.717, 1.165) is 12.1 Å². The number of aromatic nitrogens is 1. The topological polar surface area (TPSA) is 68.7 Å². The first kappa shape index (κ1) is 19.6. The summed E-state index contributed by atoms with van der Waals surface area (Å²) in [5.74, 6) is -3.46. The highest BCUT2D eigenvalue weighted by Crippen LogP contribution is 2.37. The van der Waals surface area contributed by atoms with Crippen molar-refractivity contribution < 1.29 is 45.7 Å². The van der Waals surface area contributed by atoms with Crippen molar-refractivity contribution in [3.8, 4) is 17.2 Å². The molecule has 140 valence electrons. The van der Waals surface area contributed by atoms with E-state index in [1.807, 2.05) is 0 Å². The summed E-state index contributed by atoms with van der Waals surface area (Å²) in [6, 6.07) is 2.71. The number of rotatable bonds is 4. The van der Waals surface area contributed by atoms with Crippen LogP contribution in [0.15, 0.2) is 30.5 Å². The normalized spacial score (nSPS) is 12.0. The number of halogens is 7. The lowest BCUT2D eigenvalue weighted by atomic mass is 10.2. The van der Waals surface area contributed by atoms with Crippen molar-refractivity contribution in [2.24, 2.45) is 0 Å². The quantitative estimate of drug-likeness (QED) is 0.718. The summed E-state index contributed by atoms with van der Waals surface area (Å²) >= 11 is 5.71. The number of carbonyl (C=O) groups is 1. The lowest BCUT2D eigenvalue weighted by Gasteiger charge is -2.14. The number of hydrogen-bond donors (Lipinski definition) is 1. The van der Waals surface area contributed by atoms with Crippen molar-refractivity contribution in [2.75, 3.05) is 0 Å². The van der Waals surface area contributed by atoms with Crippen molar-refractivity contribution in [2.45, 2.75) is 12.5 Å². The molecule has 1 aromatic heterocycles. The van der Waals surface area contributed by atoms with E-state index in [0.29, 0.717) is 18.3 Å². The highest BCUT2D eigenvalue weighted by atomic mass is 35.5. The Morgan fingerprint density at radius 3 is 2.23 bits per heavy atom. The molecule has 0 atom stereocenters. The third kappa shape index (κ3) is 4.91. The van der Waals surface area contributed by atoms with Gasteiger partial charge in [0.2, 0.25) is 0 Å². The van der Waals surface area contributed by atoms with Gasteiger partial charge in [0.05, 0.1) is 5.02 Å². The molecule has 0 saturated heterocycles. The molecule has 0 aliphatic rings. The zero-order valence-electron chi connectivity index (χ0n) is 12.2. The summed E-state index contributed by atoms with van der Waals surface area (Å²) in [6.45, 7) is 0. The van der Waals surface area contributed by atoms with Crippen LogP contribution in [-0.2, 0) is 6.18 Å². The van der Waals surface area contributed by atoms with Gasteiger partial charge in [-0.3, -0.25) is 4.98 Å². The van der Waals surface area contributed by atoms with Gasteiger partial charge in [0.25, 0.3) is 0 Å². The fraction of sp³-hybridized carbons (Fsp3) is 0.143. The maximum atomic E-state index is 12.7. The van der Waals surface area contributed by atoms with Crippen LogP contribution in [-0.4, -0.2) is 22.4 Å². The number of alkyl halides is 6. The first-order valence-electron chi connectivity index (χ1n) is 6.40. The fourth-order valence-electron chi connectivity index (χ4n) is 1.72. The lowest BCUT2D eigenvalue weighted by Crippen LogP contribution is -2.17. The van der Waals surface area contributed by atoms with E-state index in [2.05, 4.69) is 9.72 Å². The van der Waals surface area contributed by atoms with Gasteiger partial charge >= 0.3 is 18.5 Å². The van der Waals surface area contributed by atoms with Crippen LogP contribution in [0.2, 0.25) is 5.02 Å². The summed E-state index contributed by atoms with van der Waals surface area (Å²) in [5.41, 5.74) is -2.13. The molecule has 2 rings (SSSR count). The van der Waals surface area contributed by atoms with Crippen LogP contribution in [0.3, 0.4) is 0 Å². The molecule has 0 bridgehead atoms. The molecule has 0 spiro atoms. The Hall–Kier alpha value is -2.69. The van der Waals surface area contributed by atoms with Gasteiger partial charge in [-0.25, -0.2) is 4.79 Å². The third-order valence-corrected chi connectivity index (χ3v) is 3.04. The number of ether oxygens (including phenoxy) is 2. The molecule has 2 aromatic rings. The van der Waals surface area contributed by atoms with Crippen LogP contribution in [0, 0.1) is 0 Å². The first-order valence-corrected chi connectivity index (χ1v) is 6.78. The van der Waals surface area contributed by atoms with Gasteiger partial charge < -0.3 is 14.6 Å². The number of nitrogens with zero attached hydrogens (tertiary/aromatic N) is 1. The van der Waals surface area contributed by atoms with Gasteiger partial charge in [0.1, 0.15) is 28.5 Å².